The Morgan fingerprint density at radius 3 is 2.44 bits per heavy atom. The number of hydrogen-bond donors (Lipinski definition) is 0. The Bertz CT molecular complexity index is 554. The molecule has 0 bridgehead atoms. The lowest BCUT2D eigenvalue weighted by molar-refractivity contribution is -0.384. The number of ether oxygens (including phenoxy) is 1. The number of nitro benzene ring substituents is 1. The topological polar surface area (TPSA) is 52.4 Å². The van der Waals surface area contributed by atoms with Crippen molar-refractivity contribution in [1.82, 2.24) is 0 Å². The molecule has 0 amide bonds. The quantitative estimate of drug-likeness (QED) is 0.473. The Kier molecular flexibility index (Phi) is 3.79. The van der Waals surface area contributed by atoms with E-state index >= 15 is 0 Å². The summed E-state index contributed by atoms with van der Waals surface area (Å²) >= 11 is 5.73. The molecule has 0 aliphatic rings. The van der Waals surface area contributed by atoms with Crippen LogP contribution in [0.5, 0.6) is 11.5 Å². The second kappa shape index (κ2) is 5.51. The maximum absolute atomic E-state index is 10.5. The van der Waals surface area contributed by atoms with Crippen molar-refractivity contribution in [3.8, 4) is 11.5 Å². The van der Waals surface area contributed by atoms with Crippen LogP contribution in [0.1, 0.15) is 5.56 Å². The van der Waals surface area contributed by atoms with Crippen LogP contribution >= 0.6 is 11.6 Å². The third-order valence-electron chi connectivity index (χ3n) is 2.34. The van der Waals surface area contributed by atoms with E-state index < -0.39 is 4.92 Å². The summed E-state index contributed by atoms with van der Waals surface area (Å²) in [6, 6.07) is 13.3. The van der Waals surface area contributed by atoms with Gasteiger partial charge in [0.25, 0.3) is 5.69 Å². The first-order valence-corrected chi connectivity index (χ1v) is 5.80. The lowest BCUT2D eigenvalue weighted by atomic mass is 10.2. The molecule has 18 heavy (non-hydrogen) atoms. The minimum Gasteiger partial charge on any atom is -0.457 e. The number of nitro groups is 1. The van der Waals surface area contributed by atoms with E-state index in [0.29, 0.717) is 17.4 Å². The summed E-state index contributed by atoms with van der Waals surface area (Å²) in [5.74, 6) is 1.62. The highest BCUT2D eigenvalue weighted by atomic mass is 35.5. The SMILES string of the molecule is O=[N+]([O-])c1ccc(Oc2cccc(CCl)c2)cc1. The van der Waals surface area contributed by atoms with E-state index in [9.17, 15) is 10.1 Å². The number of benzene rings is 2. The summed E-state index contributed by atoms with van der Waals surface area (Å²) in [6.07, 6.45) is 0. The van der Waals surface area contributed by atoms with Gasteiger partial charge in [0.1, 0.15) is 11.5 Å². The molecule has 2 rings (SSSR count). The zero-order valence-corrected chi connectivity index (χ0v) is 10.1. The summed E-state index contributed by atoms with van der Waals surface area (Å²) in [4.78, 5) is 10.1. The van der Waals surface area contributed by atoms with Gasteiger partial charge in [0.05, 0.1) is 4.92 Å². The second-order valence-electron chi connectivity index (χ2n) is 3.63. The zero-order chi connectivity index (χ0) is 13.0. The van der Waals surface area contributed by atoms with Gasteiger partial charge >= 0.3 is 0 Å². The first-order chi connectivity index (χ1) is 8.69. The average molecular weight is 264 g/mol. The van der Waals surface area contributed by atoms with Gasteiger partial charge in [0.15, 0.2) is 0 Å². The highest BCUT2D eigenvalue weighted by Gasteiger charge is 2.05. The number of alkyl halides is 1. The van der Waals surface area contributed by atoms with Gasteiger partial charge in [-0.15, -0.1) is 11.6 Å². The summed E-state index contributed by atoms with van der Waals surface area (Å²) < 4.78 is 5.57. The van der Waals surface area contributed by atoms with Crippen LogP contribution < -0.4 is 4.74 Å². The predicted octanol–water partition coefficient (Wildman–Crippen LogP) is 4.13. The van der Waals surface area contributed by atoms with E-state index in [1.165, 1.54) is 12.1 Å². The van der Waals surface area contributed by atoms with E-state index in [-0.39, 0.29) is 5.69 Å². The van der Waals surface area contributed by atoms with Crippen LogP contribution in [0.2, 0.25) is 0 Å². The van der Waals surface area contributed by atoms with E-state index in [0.717, 1.165) is 5.56 Å². The molecular weight excluding hydrogens is 254 g/mol. The lowest BCUT2D eigenvalue weighted by Crippen LogP contribution is -1.89. The molecule has 0 fully saturated rings. The van der Waals surface area contributed by atoms with Crippen molar-refractivity contribution in [3.05, 3.63) is 64.2 Å². The molecule has 92 valence electrons. The first kappa shape index (κ1) is 12.4. The van der Waals surface area contributed by atoms with Crippen molar-refractivity contribution in [3.63, 3.8) is 0 Å². The molecule has 0 spiro atoms. The first-order valence-electron chi connectivity index (χ1n) is 5.26. The Labute approximate surface area is 109 Å². The largest absolute Gasteiger partial charge is 0.457 e. The maximum atomic E-state index is 10.5. The van der Waals surface area contributed by atoms with Gasteiger partial charge in [-0.05, 0) is 29.8 Å². The van der Waals surface area contributed by atoms with Crippen molar-refractivity contribution < 1.29 is 9.66 Å². The fourth-order valence-corrected chi connectivity index (χ4v) is 1.63. The van der Waals surface area contributed by atoms with E-state index in [1.54, 1.807) is 18.2 Å². The fraction of sp³-hybridized carbons (Fsp3) is 0.0769. The molecule has 5 heteroatoms. The van der Waals surface area contributed by atoms with E-state index in [1.807, 2.05) is 18.2 Å². The number of non-ortho nitro benzene ring substituents is 1. The molecule has 0 unspecified atom stereocenters. The summed E-state index contributed by atoms with van der Waals surface area (Å²) in [5.41, 5.74) is 0.993. The minimum atomic E-state index is -0.447. The molecule has 0 heterocycles. The standard InChI is InChI=1S/C13H10ClNO3/c14-9-10-2-1-3-13(8-10)18-12-6-4-11(5-7-12)15(16)17/h1-8H,9H2. The van der Waals surface area contributed by atoms with Crippen molar-refractivity contribution in [2.45, 2.75) is 5.88 Å². The molecule has 0 saturated heterocycles. The van der Waals surface area contributed by atoms with Gasteiger partial charge < -0.3 is 4.74 Å². The van der Waals surface area contributed by atoms with Crippen LogP contribution in [0.4, 0.5) is 5.69 Å². The van der Waals surface area contributed by atoms with Crippen molar-refractivity contribution in [2.75, 3.05) is 0 Å². The fourth-order valence-electron chi connectivity index (χ4n) is 1.46. The minimum absolute atomic E-state index is 0.0388. The van der Waals surface area contributed by atoms with Crippen molar-refractivity contribution in [2.24, 2.45) is 0 Å². The molecule has 2 aromatic rings. The molecule has 0 N–H and O–H groups in total. The second-order valence-corrected chi connectivity index (χ2v) is 3.90. The average Bonchev–Trinajstić information content (AvgIpc) is 2.39. The van der Waals surface area contributed by atoms with Crippen molar-refractivity contribution in [1.29, 1.82) is 0 Å². The highest BCUT2D eigenvalue weighted by molar-refractivity contribution is 6.17. The van der Waals surface area contributed by atoms with Crippen LogP contribution in [0.15, 0.2) is 48.5 Å². The van der Waals surface area contributed by atoms with Gasteiger partial charge in [-0.3, -0.25) is 10.1 Å². The number of halogens is 1. The summed E-state index contributed by atoms with van der Waals surface area (Å²) in [7, 11) is 0. The zero-order valence-electron chi connectivity index (χ0n) is 9.38. The predicted molar refractivity (Wildman–Crippen MR) is 69.2 cm³/mol. The van der Waals surface area contributed by atoms with E-state index in [4.69, 9.17) is 16.3 Å². The number of rotatable bonds is 4. The van der Waals surface area contributed by atoms with Crippen LogP contribution in [0.25, 0.3) is 0 Å². The molecule has 0 atom stereocenters. The third-order valence-corrected chi connectivity index (χ3v) is 2.64. The number of hydrogen-bond acceptors (Lipinski definition) is 3. The Morgan fingerprint density at radius 2 is 1.83 bits per heavy atom. The van der Waals surface area contributed by atoms with Gasteiger partial charge in [-0.2, -0.15) is 0 Å². The Hall–Kier alpha value is -2.07. The van der Waals surface area contributed by atoms with Crippen LogP contribution in [0, 0.1) is 10.1 Å². The van der Waals surface area contributed by atoms with Crippen molar-refractivity contribution >= 4 is 17.3 Å². The van der Waals surface area contributed by atoms with Gasteiger partial charge in [-0.1, -0.05) is 12.1 Å². The Morgan fingerprint density at radius 1 is 1.11 bits per heavy atom. The van der Waals surface area contributed by atoms with Crippen LogP contribution in [-0.2, 0) is 5.88 Å². The van der Waals surface area contributed by atoms with Crippen LogP contribution in [-0.4, -0.2) is 4.92 Å². The molecule has 4 nitrogen and oxygen atoms in total. The molecular formula is C13H10ClNO3. The molecule has 0 aromatic heterocycles. The third kappa shape index (κ3) is 2.99. The normalized spacial score (nSPS) is 10.1. The number of nitrogens with zero attached hydrogens (tertiary/aromatic N) is 1. The van der Waals surface area contributed by atoms with Gasteiger partial charge in [-0.25, -0.2) is 0 Å². The van der Waals surface area contributed by atoms with E-state index in [2.05, 4.69) is 0 Å². The van der Waals surface area contributed by atoms with Gasteiger partial charge in [0.2, 0.25) is 0 Å². The summed E-state index contributed by atoms with van der Waals surface area (Å²) in [6.45, 7) is 0. The van der Waals surface area contributed by atoms with Gasteiger partial charge in [0, 0.05) is 18.0 Å². The molecule has 0 radical (unpaired) electrons. The molecule has 2 aromatic carbocycles. The maximum Gasteiger partial charge on any atom is 0.269 e. The molecule has 0 saturated carbocycles. The smallest absolute Gasteiger partial charge is 0.269 e. The van der Waals surface area contributed by atoms with Crippen LogP contribution in [0.3, 0.4) is 0 Å². The summed E-state index contributed by atoms with van der Waals surface area (Å²) in [5, 5.41) is 10.5. The highest BCUT2D eigenvalue weighted by Crippen LogP contribution is 2.24. The molecule has 0 aliphatic heterocycles. The molecule has 0 aliphatic carbocycles. The monoisotopic (exact) mass is 263 g/mol. The Balaban J connectivity index is 2.15. The lowest BCUT2D eigenvalue weighted by Gasteiger charge is -2.06.